The van der Waals surface area contributed by atoms with Crippen molar-refractivity contribution in [2.24, 2.45) is 12.8 Å². The minimum absolute atomic E-state index is 0.0367. The second-order valence-electron chi connectivity index (χ2n) is 4.68. The summed E-state index contributed by atoms with van der Waals surface area (Å²) in [5, 5.41) is 15.2. The lowest BCUT2D eigenvalue weighted by Gasteiger charge is -2.06. The van der Waals surface area contributed by atoms with Crippen LogP contribution in [0.25, 0.3) is 11.2 Å². The average molecular weight is 303 g/mol. The smallest absolute Gasteiger partial charge is 0.182 e. The summed E-state index contributed by atoms with van der Waals surface area (Å²) in [4.78, 5) is 8.34. The standard InChI is InChI=1S/C13H11F2N7/c1-22-13-11(20-21-22)10(12(16)17)18-8(19-13)5-6-3-2-4-7(14)9(6)15/h2-4H,5H2,1H3,(H3,16,17). The van der Waals surface area contributed by atoms with Crippen molar-refractivity contribution in [3.8, 4) is 0 Å². The zero-order valence-electron chi connectivity index (χ0n) is 11.5. The first-order chi connectivity index (χ1) is 10.5. The van der Waals surface area contributed by atoms with Crippen LogP contribution in [0.4, 0.5) is 8.78 Å². The van der Waals surface area contributed by atoms with Gasteiger partial charge in [0.15, 0.2) is 22.8 Å². The van der Waals surface area contributed by atoms with Gasteiger partial charge in [-0.05, 0) is 11.6 Å². The van der Waals surface area contributed by atoms with Crippen LogP contribution in [0, 0.1) is 17.0 Å². The fourth-order valence-corrected chi connectivity index (χ4v) is 2.08. The van der Waals surface area contributed by atoms with Crippen molar-refractivity contribution in [2.75, 3.05) is 0 Å². The number of aryl methyl sites for hydroxylation is 1. The Morgan fingerprint density at radius 1 is 1.32 bits per heavy atom. The highest BCUT2D eigenvalue weighted by molar-refractivity contribution is 6.02. The molecule has 0 amide bonds. The van der Waals surface area contributed by atoms with Crippen molar-refractivity contribution in [1.82, 2.24) is 25.0 Å². The van der Waals surface area contributed by atoms with Gasteiger partial charge in [-0.25, -0.2) is 23.4 Å². The Bertz CT molecular complexity index is 887. The summed E-state index contributed by atoms with van der Waals surface area (Å²) in [6.45, 7) is 0. The third-order valence-electron chi connectivity index (χ3n) is 3.13. The van der Waals surface area contributed by atoms with Gasteiger partial charge in [0.25, 0.3) is 0 Å². The predicted octanol–water partition coefficient (Wildman–Crippen LogP) is 0.911. The molecular weight excluding hydrogens is 292 g/mol. The van der Waals surface area contributed by atoms with Crippen LogP contribution in [0.3, 0.4) is 0 Å². The monoisotopic (exact) mass is 303 g/mol. The Morgan fingerprint density at radius 2 is 2.09 bits per heavy atom. The van der Waals surface area contributed by atoms with E-state index < -0.39 is 11.6 Å². The lowest BCUT2D eigenvalue weighted by molar-refractivity contribution is 0.500. The van der Waals surface area contributed by atoms with E-state index in [1.54, 1.807) is 7.05 Å². The van der Waals surface area contributed by atoms with Crippen LogP contribution in [0.15, 0.2) is 18.2 Å². The number of amidine groups is 1. The molecule has 0 saturated carbocycles. The van der Waals surface area contributed by atoms with Gasteiger partial charge < -0.3 is 5.73 Å². The molecule has 22 heavy (non-hydrogen) atoms. The number of nitrogen functional groups attached to an aromatic ring is 1. The van der Waals surface area contributed by atoms with E-state index in [0.29, 0.717) is 11.2 Å². The molecule has 7 nitrogen and oxygen atoms in total. The molecule has 0 aliphatic rings. The van der Waals surface area contributed by atoms with Crippen molar-refractivity contribution in [3.63, 3.8) is 0 Å². The van der Waals surface area contributed by atoms with E-state index >= 15 is 0 Å². The third kappa shape index (κ3) is 2.26. The summed E-state index contributed by atoms with van der Waals surface area (Å²) in [6.07, 6.45) is -0.0367. The summed E-state index contributed by atoms with van der Waals surface area (Å²) >= 11 is 0. The van der Waals surface area contributed by atoms with Crippen LogP contribution < -0.4 is 5.73 Å². The predicted molar refractivity (Wildman–Crippen MR) is 74.3 cm³/mol. The van der Waals surface area contributed by atoms with E-state index in [1.807, 2.05) is 0 Å². The van der Waals surface area contributed by atoms with Crippen LogP contribution >= 0.6 is 0 Å². The maximum atomic E-state index is 13.8. The number of nitrogens with zero attached hydrogens (tertiary/aromatic N) is 5. The molecule has 1 aromatic carbocycles. The van der Waals surface area contributed by atoms with Crippen LogP contribution in [0.2, 0.25) is 0 Å². The minimum Gasteiger partial charge on any atom is -0.382 e. The van der Waals surface area contributed by atoms with Gasteiger partial charge in [0.1, 0.15) is 17.4 Å². The van der Waals surface area contributed by atoms with Gasteiger partial charge in [-0.2, -0.15) is 0 Å². The van der Waals surface area contributed by atoms with E-state index in [-0.39, 0.29) is 29.3 Å². The number of nitrogens with one attached hydrogen (secondary N) is 1. The van der Waals surface area contributed by atoms with Crippen molar-refractivity contribution in [3.05, 3.63) is 46.9 Å². The molecule has 3 N–H and O–H groups in total. The molecule has 0 spiro atoms. The first kappa shape index (κ1) is 14.0. The molecule has 0 aliphatic carbocycles. The summed E-state index contributed by atoms with van der Waals surface area (Å²) in [5.74, 6) is -1.98. The maximum absolute atomic E-state index is 13.8. The van der Waals surface area contributed by atoms with Gasteiger partial charge in [-0.15, -0.1) is 5.10 Å². The fourth-order valence-electron chi connectivity index (χ4n) is 2.08. The molecule has 0 atom stereocenters. The van der Waals surface area contributed by atoms with E-state index in [4.69, 9.17) is 11.1 Å². The SMILES string of the molecule is Cn1nnc2c(C(=N)N)nc(Cc3cccc(F)c3F)nc21. The van der Waals surface area contributed by atoms with E-state index in [0.717, 1.165) is 6.07 Å². The number of hydrogen-bond acceptors (Lipinski definition) is 5. The van der Waals surface area contributed by atoms with Crippen LogP contribution in [-0.4, -0.2) is 30.8 Å². The molecular formula is C13H11F2N7. The van der Waals surface area contributed by atoms with Crippen molar-refractivity contribution in [2.45, 2.75) is 6.42 Å². The summed E-state index contributed by atoms with van der Waals surface area (Å²) in [6, 6.07) is 3.89. The summed E-state index contributed by atoms with van der Waals surface area (Å²) in [5.41, 5.74) is 6.38. The van der Waals surface area contributed by atoms with Gasteiger partial charge >= 0.3 is 0 Å². The van der Waals surface area contributed by atoms with Crippen LogP contribution in [-0.2, 0) is 13.5 Å². The number of hydrogen-bond donors (Lipinski definition) is 2. The van der Waals surface area contributed by atoms with Crippen molar-refractivity contribution >= 4 is 17.0 Å². The highest BCUT2D eigenvalue weighted by Gasteiger charge is 2.17. The highest BCUT2D eigenvalue weighted by Crippen LogP contribution is 2.17. The number of aromatic nitrogens is 5. The van der Waals surface area contributed by atoms with Crippen LogP contribution in [0.1, 0.15) is 17.1 Å². The quantitative estimate of drug-likeness (QED) is 0.552. The average Bonchev–Trinajstić information content (AvgIpc) is 2.85. The minimum atomic E-state index is -0.946. The Labute approximate surface area is 123 Å². The molecule has 3 rings (SSSR count). The summed E-state index contributed by atoms with van der Waals surface area (Å²) in [7, 11) is 1.62. The molecule has 2 aromatic heterocycles. The number of fused-ring (bicyclic) bond motifs is 1. The van der Waals surface area contributed by atoms with Crippen molar-refractivity contribution < 1.29 is 8.78 Å². The van der Waals surface area contributed by atoms with E-state index in [9.17, 15) is 8.78 Å². The zero-order valence-corrected chi connectivity index (χ0v) is 11.5. The first-order valence-corrected chi connectivity index (χ1v) is 6.31. The largest absolute Gasteiger partial charge is 0.382 e. The van der Waals surface area contributed by atoms with Gasteiger partial charge in [-0.1, -0.05) is 17.3 Å². The zero-order chi connectivity index (χ0) is 15.9. The molecule has 2 heterocycles. The lowest BCUT2D eigenvalue weighted by Crippen LogP contribution is -2.16. The molecule has 112 valence electrons. The number of benzene rings is 1. The molecule has 0 aliphatic heterocycles. The molecule has 3 aromatic rings. The van der Waals surface area contributed by atoms with Gasteiger partial charge in [0.2, 0.25) is 0 Å². The molecule has 0 radical (unpaired) electrons. The molecule has 9 heteroatoms. The Morgan fingerprint density at radius 3 is 2.82 bits per heavy atom. The molecule has 0 saturated heterocycles. The second kappa shape index (κ2) is 5.10. The van der Waals surface area contributed by atoms with Gasteiger partial charge in [-0.3, -0.25) is 5.41 Å². The molecule has 0 fully saturated rings. The van der Waals surface area contributed by atoms with E-state index in [1.165, 1.54) is 16.8 Å². The Hall–Kier alpha value is -2.97. The molecule has 0 bridgehead atoms. The fraction of sp³-hybridized carbons (Fsp3) is 0.154. The maximum Gasteiger partial charge on any atom is 0.182 e. The Kier molecular flexibility index (Phi) is 3.24. The lowest BCUT2D eigenvalue weighted by atomic mass is 10.1. The topological polar surface area (TPSA) is 106 Å². The second-order valence-corrected chi connectivity index (χ2v) is 4.68. The van der Waals surface area contributed by atoms with Gasteiger partial charge in [0.05, 0.1) is 0 Å². The Balaban J connectivity index is 2.13. The number of halogens is 2. The highest BCUT2D eigenvalue weighted by atomic mass is 19.2. The van der Waals surface area contributed by atoms with Crippen molar-refractivity contribution in [1.29, 1.82) is 5.41 Å². The van der Waals surface area contributed by atoms with Crippen LogP contribution in [0.5, 0.6) is 0 Å². The summed E-state index contributed by atoms with van der Waals surface area (Å²) < 4.78 is 28.4. The first-order valence-electron chi connectivity index (χ1n) is 6.31. The van der Waals surface area contributed by atoms with Gasteiger partial charge in [0, 0.05) is 13.5 Å². The molecule has 0 unspecified atom stereocenters. The number of nitrogens with two attached hydrogens (primary N) is 1. The van der Waals surface area contributed by atoms with E-state index in [2.05, 4.69) is 20.3 Å². The normalized spacial score (nSPS) is 11.0. The number of rotatable bonds is 3. The third-order valence-corrected chi connectivity index (χ3v) is 3.13.